The molecule has 0 spiro atoms. The largest absolute Gasteiger partial charge is 0.488 e. The Kier molecular flexibility index (Phi) is 4.00. The van der Waals surface area contributed by atoms with Gasteiger partial charge >= 0.3 is 13.3 Å². The van der Waals surface area contributed by atoms with Gasteiger partial charge in [-0.25, -0.2) is 4.98 Å². The van der Waals surface area contributed by atoms with E-state index in [4.69, 9.17) is 14.8 Å². The first-order chi connectivity index (χ1) is 7.70. The Bertz CT molecular complexity index is 396. The van der Waals surface area contributed by atoms with Crippen molar-refractivity contribution in [1.29, 1.82) is 0 Å². The molecule has 0 saturated carbocycles. The second-order valence-corrected chi connectivity index (χ2v) is 3.66. The van der Waals surface area contributed by atoms with Crippen LogP contribution in [0.3, 0.4) is 0 Å². The van der Waals surface area contributed by atoms with Gasteiger partial charge in [-0.1, -0.05) is 0 Å². The molecule has 17 heavy (non-hydrogen) atoms. The number of hydrogen-bond donors (Lipinski definition) is 2. The van der Waals surface area contributed by atoms with Gasteiger partial charge in [0.1, 0.15) is 5.69 Å². The van der Waals surface area contributed by atoms with Crippen LogP contribution in [-0.4, -0.2) is 28.3 Å². The number of rotatable bonds is 3. The van der Waals surface area contributed by atoms with E-state index in [1.54, 1.807) is 13.8 Å². The SMILES string of the molecule is CC(C)Oc1cc(B(O)O)cc(C(F)(F)F)n1. The molecule has 0 aromatic carbocycles. The molecule has 0 unspecified atom stereocenters. The minimum absolute atomic E-state index is 0.294. The molecule has 2 N–H and O–H groups in total. The Morgan fingerprint density at radius 1 is 1.29 bits per heavy atom. The Labute approximate surface area is 96.2 Å². The number of ether oxygens (including phenoxy) is 1. The van der Waals surface area contributed by atoms with Gasteiger partial charge in [0.25, 0.3) is 0 Å². The van der Waals surface area contributed by atoms with Crippen molar-refractivity contribution in [2.24, 2.45) is 0 Å². The second-order valence-electron chi connectivity index (χ2n) is 3.66. The van der Waals surface area contributed by atoms with Gasteiger partial charge in [0.2, 0.25) is 5.88 Å². The molecule has 0 aliphatic heterocycles. The van der Waals surface area contributed by atoms with Gasteiger partial charge < -0.3 is 14.8 Å². The number of halogens is 3. The number of aromatic nitrogens is 1. The van der Waals surface area contributed by atoms with Crippen LogP contribution >= 0.6 is 0 Å². The number of nitrogens with zero attached hydrogens (tertiary/aromatic N) is 1. The van der Waals surface area contributed by atoms with E-state index >= 15 is 0 Å². The first kappa shape index (κ1) is 13.8. The summed E-state index contributed by atoms with van der Waals surface area (Å²) < 4.78 is 42.4. The summed E-state index contributed by atoms with van der Waals surface area (Å²) in [5.41, 5.74) is -1.54. The average molecular weight is 249 g/mol. The fraction of sp³-hybridized carbons (Fsp3) is 0.444. The molecule has 0 saturated heterocycles. The Balaban J connectivity index is 3.19. The summed E-state index contributed by atoms with van der Waals surface area (Å²) in [5.74, 6) is -0.294. The minimum atomic E-state index is -4.67. The van der Waals surface area contributed by atoms with Crippen molar-refractivity contribution in [2.45, 2.75) is 26.1 Å². The van der Waals surface area contributed by atoms with Gasteiger partial charge in [-0.15, -0.1) is 0 Å². The lowest BCUT2D eigenvalue weighted by atomic mass is 9.80. The van der Waals surface area contributed by atoms with Crippen molar-refractivity contribution in [3.8, 4) is 5.88 Å². The third kappa shape index (κ3) is 3.90. The van der Waals surface area contributed by atoms with Crippen LogP contribution < -0.4 is 10.2 Å². The van der Waals surface area contributed by atoms with E-state index in [2.05, 4.69) is 4.98 Å². The highest BCUT2D eigenvalue weighted by Crippen LogP contribution is 2.28. The van der Waals surface area contributed by atoms with Gasteiger partial charge in [0.05, 0.1) is 6.10 Å². The molecule has 1 aromatic rings. The molecule has 0 aliphatic rings. The highest BCUT2D eigenvalue weighted by atomic mass is 19.4. The third-order valence-electron chi connectivity index (χ3n) is 1.77. The summed E-state index contributed by atoms with van der Waals surface area (Å²) in [7, 11) is -2.01. The molecule has 1 rings (SSSR count). The normalized spacial score (nSPS) is 11.8. The Morgan fingerprint density at radius 3 is 2.29 bits per heavy atom. The van der Waals surface area contributed by atoms with E-state index in [0.717, 1.165) is 6.07 Å². The smallest absolute Gasteiger partial charge is 0.475 e. The van der Waals surface area contributed by atoms with Gasteiger partial charge in [0.15, 0.2) is 0 Å². The first-order valence-electron chi connectivity index (χ1n) is 4.82. The molecule has 1 heterocycles. The predicted octanol–water partition coefficient (Wildman–Crippen LogP) is 0.567. The zero-order valence-electron chi connectivity index (χ0n) is 9.19. The van der Waals surface area contributed by atoms with Crippen molar-refractivity contribution in [3.63, 3.8) is 0 Å². The standard InChI is InChI=1S/C9H11BF3NO3/c1-5(2)17-8-4-6(10(15)16)3-7(14-8)9(11,12)13/h3-5,15-16H,1-2H3. The molecule has 0 atom stereocenters. The summed E-state index contributed by atoms with van der Waals surface area (Å²) in [5, 5.41) is 17.8. The molecule has 0 fully saturated rings. The third-order valence-corrected chi connectivity index (χ3v) is 1.77. The minimum Gasteiger partial charge on any atom is -0.475 e. The predicted molar refractivity (Wildman–Crippen MR) is 54.8 cm³/mol. The summed E-state index contributed by atoms with van der Waals surface area (Å²) in [6.45, 7) is 3.24. The molecule has 1 aromatic heterocycles. The highest BCUT2D eigenvalue weighted by molar-refractivity contribution is 6.58. The topological polar surface area (TPSA) is 62.6 Å². The van der Waals surface area contributed by atoms with Gasteiger partial charge in [0, 0.05) is 6.07 Å². The van der Waals surface area contributed by atoms with Crippen molar-refractivity contribution in [3.05, 3.63) is 17.8 Å². The van der Waals surface area contributed by atoms with Gasteiger partial charge in [-0.3, -0.25) is 0 Å². The zero-order chi connectivity index (χ0) is 13.2. The van der Waals surface area contributed by atoms with Crippen LogP contribution in [0.1, 0.15) is 19.5 Å². The lowest BCUT2D eigenvalue weighted by Crippen LogP contribution is -2.32. The maximum atomic E-state index is 12.5. The van der Waals surface area contributed by atoms with Crippen LogP contribution in [0.2, 0.25) is 0 Å². The van der Waals surface area contributed by atoms with Gasteiger partial charge in [-0.2, -0.15) is 13.2 Å². The maximum Gasteiger partial charge on any atom is 0.488 e. The van der Waals surface area contributed by atoms with Crippen molar-refractivity contribution >= 4 is 12.6 Å². The van der Waals surface area contributed by atoms with Crippen LogP contribution in [-0.2, 0) is 6.18 Å². The summed E-state index contributed by atoms with van der Waals surface area (Å²) in [6.07, 6.45) is -5.03. The van der Waals surface area contributed by atoms with Crippen molar-refractivity contribution < 1.29 is 28.0 Å². The molecule has 0 radical (unpaired) electrons. The fourth-order valence-corrected chi connectivity index (χ4v) is 1.12. The maximum absolute atomic E-state index is 12.5. The molecular weight excluding hydrogens is 238 g/mol. The van der Waals surface area contributed by atoms with Crippen molar-refractivity contribution in [1.82, 2.24) is 4.98 Å². The quantitative estimate of drug-likeness (QED) is 0.768. The number of pyridine rings is 1. The fourth-order valence-electron chi connectivity index (χ4n) is 1.12. The Hall–Kier alpha value is -1.28. The number of hydrogen-bond acceptors (Lipinski definition) is 4. The molecule has 0 bridgehead atoms. The molecule has 94 valence electrons. The van der Waals surface area contributed by atoms with Crippen LogP contribution in [0.25, 0.3) is 0 Å². The van der Waals surface area contributed by atoms with E-state index in [1.165, 1.54) is 0 Å². The monoisotopic (exact) mass is 249 g/mol. The molecular formula is C9H11BF3NO3. The van der Waals surface area contributed by atoms with E-state index in [1.807, 2.05) is 0 Å². The van der Waals surface area contributed by atoms with Crippen molar-refractivity contribution in [2.75, 3.05) is 0 Å². The molecule has 8 heteroatoms. The lowest BCUT2D eigenvalue weighted by molar-refractivity contribution is -0.141. The summed E-state index contributed by atoms with van der Waals surface area (Å²) in [4.78, 5) is 3.26. The molecule has 4 nitrogen and oxygen atoms in total. The van der Waals surface area contributed by atoms with Crippen LogP contribution in [0.5, 0.6) is 5.88 Å². The Morgan fingerprint density at radius 2 is 1.88 bits per heavy atom. The van der Waals surface area contributed by atoms with E-state index in [0.29, 0.717) is 6.07 Å². The average Bonchev–Trinajstić information content (AvgIpc) is 2.14. The van der Waals surface area contributed by atoms with E-state index < -0.39 is 19.0 Å². The van der Waals surface area contributed by atoms with Crippen LogP contribution in [0, 0.1) is 0 Å². The number of alkyl halides is 3. The van der Waals surface area contributed by atoms with Crippen LogP contribution in [0.4, 0.5) is 13.2 Å². The van der Waals surface area contributed by atoms with Gasteiger partial charge in [-0.05, 0) is 25.4 Å². The highest BCUT2D eigenvalue weighted by Gasteiger charge is 2.34. The van der Waals surface area contributed by atoms with E-state index in [9.17, 15) is 13.2 Å². The molecule has 0 aliphatic carbocycles. The van der Waals surface area contributed by atoms with E-state index in [-0.39, 0.29) is 17.4 Å². The molecule has 0 amide bonds. The summed E-state index contributed by atoms with van der Waals surface area (Å²) >= 11 is 0. The second kappa shape index (κ2) is 4.93. The summed E-state index contributed by atoms with van der Waals surface area (Å²) in [6, 6.07) is 1.62. The zero-order valence-corrected chi connectivity index (χ0v) is 9.19. The van der Waals surface area contributed by atoms with Crippen LogP contribution in [0.15, 0.2) is 12.1 Å². The first-order valence-corrected chi connectivity index (χ1v) is 4.82. The lowest BCUT2D eigenvalue weighted by Gasteiger charge is -2.13.